The summed E-state index contributed by atoms with van der Waals surface area (Å²) >= 11 is 1.11. The topological polar surface area (TPSA) is 94.3 Å². The standard InChI is InChI=1S/C13H19N3O4S/c1-2-19-12(18)11-15-16-13(20-11)21-8-10(17)14-9-6-4-3-5-7-9/h9H,2-8H2,1H3,(H,14,17). The van der Waals surface area contributed by atoms with Gasteiger partial charge in [-0.15, -0.1) is 5.10 Å². The molecule has 1 aliphatic carbocycles. The van der Waals surface area contributed by atoms with E-state index in [1.54, 1.807) is 6.92 Å². The van der Waals surface area contributed by atoms with Crippen LogP contribution < -0.4 is 5.32 Å². The number of ether oxygens (including phenoxy) is 1. The molecule has 0 bridgehead atoms. The number of hydrogen-bond donors (Lipinski definition) is 1. The second-order valence-electron chi connectivity index (χ2n) is 4.78. The predicted molar refractivity (Wildman–Crippen MR) is 76.0 cm³/mol. The number of thioether (sulfide) groups is 1. The van der Waals surface area contributed by atoms with E-state index in [9.17, 15) is 9.59 Å². The molecule has 1 aliphatic rings. The quantitative estimate of drug-likeness (QED) is 0.632. The maximum Gasteiger partial charge on any atom is 0.396 e. The van der Waals surface area contributed by atoms with Crippen molar-refractivity contribution < 1.29 is 18.7 Å². The highest BCUT2D eigenvalue weighted by Crippen LogP contribution is 2.19. The van der Waals surface area contributed by atoms with Gasteiger partial charge in [0.25, 0.3) is 5.22 Å². The summed E-state index contributed by atoms with van der Waals surface area (Å²) < 4.78 is 9.87. The molecule has 116 valence electrons. The summed E-state index contributed by atoms with van der Waals surface area (Å²) in [4.78, 5) is 23.2. The number of rotatable bonds is 6. The summed E-state index contributed by atoms with van der Waals surface area (Å²) in [6.45, 7) is 1.94. The van der Waals surface area contributed by atoms with Crippen LogP contribution in [0.1, 0.15) is 49.7 Å². The minimum absolute atomic E-state index is 0.0530. The van der Waals surface area contributed by atoms with Crippen LogP contribution in [0.25, 0.3) is 0 Å². The Balaban J connectivity index is 1.74. The van der Waals surface area contributed by atoms with Crippen LogP contribution in [0.4, 0.5) is 0 Å². The van der Waals surface area contributed by atoms with Crippen LogP contribution >= 0.6 is 11.8 Å². The van der Waals surface area contributed by atoms with Crippen LogP contribution in [0.15, 0.2) is 9.64 Å². The lowest BCUT2D eigenvalue weighted by molar-refractivity contribution is -0.119. The number of nitrogens with one attached hydrogen (secondary N) is 1. The summed E-state index contributed by atoms with van der Waals surface area (Å²) in [5.74, 6) is -0.695. The summed E-state index contributed by atoms with van der Waals surface area (Å²) in [6.07, 6.45) is 5.68. The molecular weight excluding hydrogens is 294 g/mol. The van der Waals surface area contributed by atoms with E-state index in [2.05, 4.69) is 15.5 Å². The predicted octanol–water partition coefficient (Wildman–Crippen LogP) is 1.79. The highest BCUT2D eigenvalue weighted by Gasteiger charge is 2.18. The number of esters is 1. The fourth-order valence-electron chi connectivity index (χ4n) is 2.19. The first-order chi connectivity index (χ1) is 10.2. The van der Waals surface area contributed by atoms with Gasteiger partial charge in [0.05, 0.1) is 12.4 Å². The molecule has 0 unspecified atom stereocenters. The molecule has 0 radical (unpaired) electrons. The van der Waals surface area contributed by atoms with Crippen LogP contribution in [0.3, 0.4) is 0 Å². The molecule has 1 amide bonds. The van der Waals surface area contributed by atoms with Gasteiger partial charge in [0.2, 0.25) is 5.91 Å². The van der Waals surface area contributed by atoms with Crippen molar-refractivity contribution in [1.29, 1.82) is 0 Å². The zero-order valence-corrected chi connectivity index (χ0v) is 12.8. The third-order valence-electron chi connectivity index (χ3n) is 3.15. The first-order valence-corrected chi connectivity index (χ1v) is 8.10. The zero-order chi connectivity index (χ0) is 15.1. The van der Waals surface area contributed by atoms with E-state index in [0.29, 0.717) is 0 Å². The molecule has 1 heterocycles. The first kappa shape index (κ1) is 15.8. The zero-order valence-electron chi connectivity index (χ0n) is 12.0. The number of carbonyl (C=O) groups is 2. The van der Waals surface area contributed by atoms with Gasteiger partial charge in [0, 0.05) is 6.04 Å². The van der Waals surface area contributed by atoms with E-state index in [1.165, 1.54) is 19.3 Å². The Bertz CT molecular complexity index is 486. The van der Waals surface area contributed by atoms with E-state index >= 15 is 0 Å². The lowest BCUT2D eigenvalue weighted by Gasteiger charge is -2.22. The monoisotopic (exact) mass is 313 g/mol. The average molecular weight is 313 g/mol. The molecule has 0 aromatic carbocycles. The summed E-state index contributed by atoms with van der Waals surface area (Å²) in [7, 11) is 0. The van der Waals surface area contributed by atoms with Crippen molar-refractivity contribution in [3.63, 3.8) is 0 Å². The van der Waals surface area contributed by atoms with Crippen molar-refractivity contribution in [1.82, 2.24) is 15.5 Å². The Morgan fingerprint density at radius 2 is 2.10 bits per heavy atom. The van der Waals surface area contributed by atoms with Gasteiger partial charge in [-0.05, 0) is 19.8 Å². The Morgan fingerprint density at radius 1 is 1.33 bits per heavy atom. The Labute approximate surface area is 127 Å². The highest BCUT2D eigenvalue weighted by atomic mass is 32.2. The normalized spacial score (nSPS) is 15.7. The molecule has 21 heavy (non-hydrogen) atoms. The maximum absolute atomic E-state index is 11.8. The average Bonchev–Trinajstić information content (AvgIpc) is 2.95. The van der Waals surface area contributed by atoms with Crippen molar-refractivity contribution in [2.75, 3.05) is 12.4 Å². The number of amides is 1. The molecule has 2 rings (SSSR count). The number of hydrogen-bond acceptors (Lipinski definition) is 7. The Hall–Kier alpha value is -1.57. The molecule has 7 nitrogen and oxygen atoms in total. The second-order valence-corrected chi connectivity index (χ2v) is 5.71. The fourth-order valence-corrected chi connectivity index (χ4v) is 2.76. The molecule has 0 atom stereocenters. The molecule has 1 aromatic rings. The van der Waals surface area contributed by atoms with Crippen molar-refractivity contribution >= 4 is 23.6 Å². The van der Waals surface area contributed by atoms with Crippen molar-refractivity contribution in [2.45, 2.75) is 50.3 Å². The molecular formula is C13H19N3O4S. The van der Waals surface area contributed by atoms with Crippen LogP contribution in [0, 0.1) is 0 Å². The van der Waals surface area contributed by atoms with E-state index < -0.39 is 5.97 Å². The number of carbonyl (C=O) groups excluding carboxylic acids is 2. The Kier molecular flexibility index (Phi) is 6.04. The van der Waals surface area contributed by atoms with Gasteiger partial charge in [0.1, 0.15) is 0 Å². The lowest BCUT2D eigenvalue weighted by Crippen LogP contribution is -2.37. The largest absolute Gasteiger partial charge is 0.459 e. The lowest BCUT2D eigenvalue weighted by atomic mass is 9.95. The molecule has 0 aliphatic heterocycles. The third-order valence-corrected chi connectivity index (χ3v) is 3.97. The van der Waals surface area contributed by atoms with Crippen molar-refractivity contribution in [3.8, 4) is 0 Å². The summed E-state index contributed by atoms with van der Waals surface area (Å²) in [5, 5.41) is 10.5. The van der Waals surface area contributed by atoms with Gasteiger partial charge in [-0.25, -0.2) is 4.79 Å². The fraction of sp³-hybridized carbons (Fsp3) is 0.692. The Morgan fingerprint density at radius 3 is 2.81 bits per heavy atom. The molecule has 1 saturated carbocycles. The smallest absolute Gasteiger partial charge is 0.396 e. The molecule has 0 saturated heterocycles. The van der Waals surface area contributed by atoms with E-state index in [0.717, 1.165) is 24.6 Å². The van der Waals surface area contributed by atoms with Crippen molar-refractivity contribution in [2.24, 2.45) is 0 Å². The van der Waals surface area contributed by atoms with Gasteiger partial charge in [-0.1, -0.05) is 36.1 Å². The minimum Gasteiger partial charge on any atom is -0.459 e. The summed E-state index contributed by atoms with van der Waals surface area (Å²) in [6, 6.07) is 0.282. The van der Waals surface area contributed by atoms with Crippen LogP contribution in [-0.4, -0.2) is 40.5 Å². The van der Waals surface area contributed by atoms with E-state index in [-0.39, 0.29) is 35.4 Å². The van der Waals surface area contributed by atoms with Gasteiger partial charge < -0.3 is 14.5 Å². The van der Waals surface area contributed by atoms with Gasteiger partial charge >= 0.3 is 11.9 Å². The van der Waals surface area contributed by atoms with Crippen LogP contribution in [0.2, 0.25) is 0 Å². The van der Waals surface area contributed by atoms with E-state index in [4.69, 9.17) is 9.15 Å². The van der Waals surface area contributed by atoms with Crippen LogP contribution in [-0.2, 0) is 9.53 Å². The van der Waals surface area contributed by atoms with Gasteiger partial charge in [0.15, 0.2) is 0 Å². The third kappa shape index (κ3) is 5.04. The molecule has 1 N–H and O–H groups in total. The van der Waals surface area contributed by atoms with Crippen LogP contribution in [0.5, 0.6) is 0 Å². The SMILES string of the molecule is CCOC(=O)c1nnc(SCC(=O)NC2CCCCC2)o1. The van der Waals surface area contributed by atoms with Gasteiger partial charge in [-0.3, -0.25) is 4.79 Å². The first-order valence-electron chi connectivity index (χ1n) is 7.12. The molecule has 1 aromatic heterocycles. The van der Waals surface area contributed by atoms with Crippen molar-refractivity contribution in [3.05, 3.63) is 5.89 Å². The second kappa shape index (κ2) is 8.02. The minimum atomic E-state index is -0.650. The number of nitrogens with zero attached hydrogens (tertiary/aromatic N) is 2. The van der Waals surface area contributed by atoms with E-state index in [1.807, 2.05) is 0 Å². The highest BCUT2D eigenvalue weighted by molar-refractivity contribution is 7.99. The maximum atomic E-state index is 11.8. The number of aromatic nitrogens is 2. The summed E-state index contributed by atoms with van der Waals surface area (Å²) in [5.41, 5.74) is 0. The molecule has 8 heteroatoms. The molecule has 0 spiro atoms. The van der Waals surface area contributed by atoms with Gasteiger partial charge in [-0.2, -0.15) is 0 Å². The molecule has 1 fully saturated rings.